The zero-order valence-electron chi connectivity index (χ0n) is 11.0. The Kier molecular flexibility index (Phi) is 6.54. The standard InChI is InChI=1S/C11H21N3O2S/c1-5-15-10(16-6-2)7-8-17-11-13-12-9(3)14(11)4/h10H,5-8H2,1-4H3. The van der Waals surface area contributed by atoms with Crippen molar-refractivity contribution in [2.45, 2.75) is 38.6 Å². The first kappa shape index (κ1) is 14.5. The third-order valence-electron chi connectivity index (χ3n) is 2.34. The first-order chi connectivity index (χ1) is 8.19. The average Bonchev–Trinajstić information content (AvgIpc) is 2.61. The van der Waals surface area contributed by atoms with E-state index in [1.54, 1.807) is 11.8 Å². The van der Waals surface area contributed by atoms with Crippen LogP contribution in [0.5, 0.6) is 0 Å². The third kappa shape index (κ3) is 4.65. The Morgan fingerprint density at radius 1 is 1.24 bits per heavy atom. The molecule has 98 valence electrons. The van der Waals surface area contributed by atoms with Gasteiger partial charge in [0.05, 0.1) is 0 Å². The molecule has 0 fully saturated rings. The number of hydrogen-bond acceptors (Lipinski definition) is 5. The van der Waals surface area contributed by atoms with Gasteiger partial charge in [0.25, 0.3) is 0 Å². The average molecular weight is 259 g/mol. The van der Waals surface area contributed by atoms with E-state index in [1.807, 2.05) is 32.4 Å². The number of ether oxygens (including phenoxy) is 2. The largest absolute Gasteiger partial charge is 0.353 e. The van der Waals surface area contributed by atoms with Gasteiger partial charge < -0.3 is 14.0 Å². The summed E-state index contributed by atoms with van der Waals surface area (Å²) in [5, 5.41) is 9.05. The van der Waals surface area contributed by atoms with E-state index >= 15 is 0 Å². The van der Waals surface area contributed by atoms with Crippen molar-refractivity contribution in [3.63, 3.8) is 0 Å². The molecule has 0 unspecified atom stereocenters. The van der Waals surface area contributed by atoms with Crippen LogP contribution in [0.3, 0.4) is 0 Å². The second-order valence-electron chi connectivity index (χ2n) is 3.57. The van der Waals surface area contributed by atoms with Crippen LogP contribution in [0.25, 0.3) is 0 Å². The van der Waals surface area contributed by atoms with E-state index in [2.05, 4.69) is 10.2 Å². The van der Waals surface area contributed by atoms with Crippen LogP contribution >= 0.6 is 11.8 Å². The molecule has 0 aromatic carbocycles. The van der Waals surface area contributed by atoms with Crippen LogP contribution < -0.4 is 0 Å². The number of aryl methyl sites for hydroxylation is 1. The minimum Gasteiger partial charge on any atom is -0.353 e. The van der Waals surface area contributed by atoms with Crippen molar-refractivity contribution in [1.82, 2.24) is 14.8 Å². The number of nitrogens with zero attached hydrogens (tertiary/aromatic N) is 3. The molecule has 0 atom stereocenters. The van der Waals surface area contributed by atoms with Gasteiger partial charge >= 0.3 is 0 Å². The Hall–Kier alpha value is -0.590. The second kappa shape index (κ2) is 7.68. The van der Waals surface area contributed by atoms with Gasteiger partial charge in [-0.15, -0.1) is 10.2 Å². The highest BCUT2D eigenvalue weighted by atomic mass is 32.2. The predicted octanol–water partition coefficient (Wildman–Crippen LogP) is 2.00. The van der Waals surface area contributed by atoms with Crippen LogP contribution in [0.15, 0.2) is 5.16 Å². The van der Waals surface area contributed by atoms with Crippen molar-refractivity contribution in [3.05, 3.63) is 5.82 Å². The summed E-state index contributed by atoms with van der Waals surface area (Å²) < 4.78 is 12.9. The summed E-state index contributed by atoms with van der Waals surface area (Å²) in [7, 11) is 1.97. The predicted molar refractivity (Wildman–Crippen MR) is 68.1 cm³/mol. The highest BCUT2D eigenvalue weighted by Crippen LogP contribution is 2.17. The fourth-order valence-corrected chi connectivity index (χ4v) is 2.26. The summed E-state index contributed by atoms with van der Waals surface area (Å²) in [5.74, 6) is 1.84. The number of rotatable bonds is 8. The van der Waals surface area contributed by atoms with Crippen LogP contribution in [0.4, 0.5) is 0 Å². The molecule has 0 amide bonds. The summed E-state index contributed by atoms with van der Waals surface area (Å²) in [4.78, 5) is 0. The molecule has 0 saturated carbocycles. The fourth-order valence-electron chi connectivity index (χ4n) is 1.35. The van der Waals surface area contributed by atoms with Crippen LogP contribution in [0.1, 0.15) is 26.1 Å². The van der Waals surface area contributed by atoms with Crippen molar-refractivity contribution >= 4 is 11.8 Å². The molecule has 0 spiro atoms. The maximum absolute atomic E-state index is 5.48. The maximum Gasteiger partial charge on any atom is 0.190 e. The van der Waals surface area contributed by atoms with Gasteiger partial charge in [0, 0.05) is 32.4 Å². The van der Waals surface area contributed by atoms with E-state index in [0.29, 0.717) is 13.2 Å². The minimum absolute atomic E-state index is 0.105. The Bertz CT molecular complexity index is 325. The van der Waals surface area contributed by atoms with Crippen LogP contribution in [0.2, 0.25) is 0 Å². The van der Waals surface area contributed by atoms with Gasteiger partial charge in [-0.25, -0.2) is 0 Å². The van der Waals surface area contributed by atoms with Crippen molar-refractivity contribution in [1.29, 1.82) is 0 Å². The highest BCUT2D eigenvalue weighted by molar-refractivity contribution is 7.99. The van der Waals surface area contributed by atoms with Gasteiger partial charge in [0.2, 0.25) is 0 Å². The molecule has 0 bridgehead atoms. The molecule has 0 aliphatic rings. The fraction of sp³-hybridized carbons (Fsp3) is 0.818. The highest BCUT2D eigenvalue weighted by Gasteiger charge is 2.10. The van der Waals surface area contributed by atoms with E-state index < -0.39 is 0 Å². The molecule has 0 saturated heterocycles. The molecule has 1 rings (SSSR count). The molecular formula is C11H21N3O2S. The Morgan fingerprint density at radius 3 is 2.35 bits per heavy atom. The maximum atomic E-state index is 5.48. The van der Waals surface area contributed by atoms with Crippen LogP contribution in [0, 0.1) is 6.92 Å². The van der Waals surface area contributed by atoms with Crippen molar-refractivity contribution in [3.8, 4) is 0 Å². The smallest absolute Gasteiger partial charge is 0.190 e. The lowest BCUT2D eigenvalue weighted by atomic mass is 10.5. The minimum atomic E-state index is -0.105. The molecule has 0 aliphatic carbocycles. The molecule has 17 heavy (non-hydrogen) atoms. The Balaban J connectivity index is 2.32. The zero-order chi connectivity index (χ0) is 12.7. The molecule has 1 aromatic heterocycles. The second-order valence-corrected chi connectivity index (χ2v) is 4.63. The van der Waals surface area contributed by atoms with E-state index in [4.69, 9.17) is 9.47 Å². The Morgan fingerprint density at radius 2 is 1.88 bits per heavy atom. The van der Waals surface area contributed by atoms with Gasteiger partial charge in [-0.05, 0) is 20.8 Å². The number of aromatic nitrogens is 3. The number of thioether (sulfide) groups is 1. The zero-order valence-corrected chi connectivity index (χ0v) is 11.8. The first-order valence-electron chi connectivity index (χ1n) is 5.91. The normalized spacial score (nSPS) is 11.4. The Labute approximate surface area is 107 Å². The lowest BCUT2D eigenvalue weighted by molar-refractivity contribution is -0.136. The van der Waals surface area contributed by atoms with Crippen LogP contribution in [-0.2, 0) is 16.5 Å². The van der Waals surface area contributed by atoms with Crippen molar-refractivity contribution in [2.24, 2.45) is 7.05 Å². The van der Waals surface area contributed by atoms with Gasteiger partial charge in [-0.2, -0.15) is 0 Å². The van der Waals surface area contributed by atoms with E-state index in [1.165, 1.54) is 0 Å². The summed E-state index contributed by atoms with van der Waals surface area (Å²) in [6.45, 7) is 7.26. The topological polar surface area (TPSA) is 49.2 Å². The molecular weight excluding hydrogens is 238 g/mol. The number of hydrogen-bond donors (Lipinski definition) is 0. The first-order valence-corrected chi connectivity index (χ1v) is 6.89. The monoisotopic (exact) mass is 259 g/mol. The van der Waals surface area contributed by atoms with Crippen LogP contribution in [-0.4, -0.2) is 40.0 Å². The van der Waals surface area contributed by atoms with Gasteiger partial charge in [-0.3, -0.25) is 0 Å². The lowest BCUT2D eigenvalue weighted by Gasteiger charge is -2.16. The quantitative estimate of drug-likeness (QED) is 0.528. The molecule has 0 radical (unpaired) electrons. The molecule has 6 heteroatoms. The summed E-state index contributed by atoms with van der Waals surface area (Å²) >= 11 is 1.68. The van der Waals surface area contributed by atoms with E-state index in [0.717, 1.165) is 23.2 Å². The van der Waals surface area contributed by atoms with Gasteiger partial charge in [0.1, 0.15) is 5.82 Å². The van der Waals surface area contributed by atoms with E-state index in [-0.39, 0.29) is 6.29 Å². The molecule has 1 aromatic rings. The van der Waals surface area contributed by atoms with E-state index in [9.17, 15) is 0 Å². The molecule has 1 heterocycles. The molecule has 0 aliphatic heterocycles. The van der Waals surface area contributed by atoms with Crippen molar-refractivity contribution < 1.29 is 9.47 Å². The summed E-state index contributed by atoms with van der Waals surface area (Å²) in [6.07, 6.45) is 0.755. The third-order valence-corrected chi connectivity index (χ3v) is 3.40. The SMILES string of the molecule is CCOC(CCSc1nnc(C)n1C)OCC. The lowest BCUT2D eigenvalue weighted by Crippen LogP contribution is -2.18. The molecule has 0 N–H and O–H groups in total. The van der Waals surface area contributed by atoms with Crippen molar-refractivity contribution in [2.75, 3.05) is 19.0 Å². The molecule has 5 nitrogen and oxygen atoms in total. The summed E-state index contributed by atoms with van der Waals surface area (Å²) in [5.41, 5.74) is 0. The van der Waals surface area contributed by atoms with Gasteiger partial charge in [0.15, 0.2) is 11.4 Å². The van der Waals surface area contributed by atoms with Gasteiger partial charge in [-0.1, -0.05) is 11.8 Å². The summed E-state index contributed by atoms with van der Waals surface area (Å²) in [6, 6.07) is 0.